The van der Waals surface area contributed by atoms with Crippen LogP contribution in [0.3, 0.4) is 0 Å². The molecule has 0 aliphatic rings. The van der Waals surface area contributed by atoms with E-state index in [2.05, 4.69) is 23.6 Å². The summed E-state index contributed by atoms with van der Waals surface area (Å²) in [6.45, 7) is -7.61. The highest BCUT2D eigenvalue weighted by molar-refractivity contribution is 8.06. The van der Waals surface area contributed by atoms with Gasteiger partial charge in [-0.15, -0.1) is 0 Å². The zero-order valence-electron chi connectivity index (χ0n) is 10.8. The Morgan fingerprint density at radius 3 is 1.91 bits per heavy atom. The fourth-order valence-electron chi connectivity index (χ4n) is 1.11. The summed E-state index contributed by atoms with van der Waals surface area (Å²) < 4.78 is 6.34. The molecule has 0 amide bonds. The number of halogens is 1. The summed E-state index contributed by atoms with van der Waals surface area (Å²) in [5.41, 5.74) is 1.28. The van der Waals surface area contributed by atoms with Crippen molar-refractivity contribution in [3.05, 3.63) is 33.8 Å². The van der Waals surface area contributed by atoms with Crippen LogP contribution in [0.25, 0.3) is 11.1 Å². The zero-order chi connectivity index (χ0) is 17.7. The van der Waals surface area contributed by atoms with Gasteiger partial charge in [0, 0.05) is 18.1 Å². The number of aromatic nitrogens is 1. The smallest absolute Gasteiger partial charge is 0.408 e. The summed E-state index contributed by atoms with van der Waals surface area (Å²) in [4.78, 5) is 56.4. The molecule has 2 rings (SSSR count). The minimum absolute atomic E-state index is 0.368. The lowest BCUT2D eigenvalue weighted by molar-refractivity contribution is 0.361. The van der Waals surface area contributed by atoms with Gasteiger partial charge >= 0.3 is 19.2 Å². The molecule has 6 N–H and O–H groups in total. The molecule has 0 fully saturated rings. The fraction of sp³-hybridized carbons (Fsp3) is 0.125. The van der Waals surface area contributed by atoms with Crippen molar-refractivity contribution in [1.82, 2.24) is 4.57 Å². The number of hydrogen-bond acceptors (Lipinski definition) is 4. The minimum atomic E-state index is -3.81. The van der Waals surface area contributed by atoms with Crippen LogP contribution in [-0.2, 0) is 30.7 Å². The summed E-state index contributed by atoms with van der Waals surface area (Å²) in [5, 5.41) is 0.567. The second kappa shape index (κ2) is 8.62. The summed E-state index contributed by atoms with van der Waals surface area (Å²) in [6, 6.07) is 5.10. The molecule has 14 heteroatoms. The highest BCUT2D eigenvalue weighted by Crippen LogP contribution is 2.27. The minimum Gasteiger partial charge on any atom is -0.408 e. The Kier molecular flexibility index (Phi) is 8.56. The van der Waals surface area contributed by atoms with Crippen LogP contribution in [0.15, 0.2) is 27.4 Å². The number of hydrogen-bond donors (Lipinski definition) is 6. The van der Waals surface area contributed by atoms with Crippen LogP contribution in [-0.4, -0.2) is 33.9 Å². The molecule has 0 unspecified atom stereocenters. The second-order valence-corrected chi connectivity index (χ2v) is 8.99. The third-order valence-electron chi connectivity index (χ3n) is 1.75. The van der Waals surface area contributed by atoms with Gasteiger partial charge in [0.2, 0.25) is 0 Å². The van der Waals surface area contributed by atoms with Crippen molar-refractivity contribution in [1.29, 1.82) is 0 Å². The molecular formula is C8H12ClNO8P2S2. The molecule has 0 saturated carbocycles. The van der Waals surface area contributed by atoms with Gasteiger partial charge in [-0.1, -0.05) is 11.6 Å². The van der Waals surface area contributed by atoms with Crippen LogP contribution in [0.1, 0.15) is 0 Å². The van der Waals surface area contributed by atoms with E-state index in [0.29, 0.717) is 10.6 Å². The van der Waals surface area contributed by atoms with Crippen molar-refractivity contribution in [3.8, 4) is 0 Å². The summed E-state index contributed by atoms with van der Waals surface area (Å²) in [6.07, 6.45) is 0. The maximum absolute atomic E-state index is 11.0. The van der Waals surface area contributed by atoms with Gasteiger partial charge in [0.25, 0.3) is 0 Å². The fourth-order valence-corrected chi connectivity index (χ4v) is 1.27. The quantitative estimate of drug-likeness (QED) is 0.330. The van der Waals surface area contributed by atoms with Crippen LogP contribution in [0.5, 0.6) is 0 Å². The average Bonchev–Trinajstić information content (AvgIpc) is 2.49. The van der Waals surface area contributed by atoms with Crippen LogP contribution >= 0.6 is 25.0 Å². The molecule has 0 aliphatic carbocycles. The lowest BCUT2D eigenvalue weighted by atomic mass is 10.3. The van der Waals surface area contributed by atoms with Crippen molar-refractivity contribution in [2.24, 2.45) is 7.05 Å². The summed E-state index contributed by atoms with van der Waals surface area (Å²) in [7, 11) is 1.65. The molecular weight excluding hydrogens is 400 g/mol. The molecule has 2 aromatic rings. The van der Waals surface area contributed by atoms with Crippen molar-refractivity contribution in [2.45, 2.75) is 0 Å². The number of fused-ring (bicyclic) bond motifs is 1. The Bertz CT molecular complexity index is 742. The van der Waals surface area contributed by atoms with Crippen LogP contribution in [0.4, 0.5) is 0 Å². The van der Waals surface area contributed by atoms with Crippen LogP contribution in [0, 0.1) is 0 Å². The molecule has 9 nitrogen and oxygen atoms in total. The number of benzene rings is 1. The number of nitrogens with zero attached hydrogens (tertiary/aromatic N) is 1. The number of rotatable bonds is 0. The van der Waals surface area contributed by atoms with Crippen molar-refractivity contribution in [2.75, 3.05) is 0 Å². The first-order valence-corrected chi connectivity index (χ1v) is 10.7. The monoisotopic (exact) mass is 411 g/mol. The molecule has 1 heterocycles. The van der Waals surface area contributed by atoms with Gasteiger partial charge in [0.1, 0.15) is 0 Å². The van der Waals surface area contributed by atoms with Gasteiger partial charge < -0.3 is 33.8 Å². The molecule has 126 valence electrons. The van der Waals surface area contributed by atoms with E-state index in [4.69, 9.17) is 45.4 Å². The van der Waals surface area contributed by atoms with E-state index in [1.807, 2.05) is 0 Å². The summed E-state index contributed by atoms with van der Waals surface area (Å²) >= 11 is 12.9. The first-order chi connectivity index (χ1) is 9.68. The van der Waals surface area contributed by atoms with E-state index in [-0.39, 0.29) is 5.76 Å². The Labute approximate surface area is 139 Å². The third-order valence-corrected chi connectivity index (χ3v) is 1.99. The van der Waals surface area contributed by atoms with Crippen LogP contribution < -0.4 is 5.76 Å². The van der Waals surface area contributed by atoms with Crippen LogP contribution in [0.2, 0.25) is 5.02 Å². The van der Waals surface area contributed by atoms with E-state index in [1.54, 1.807) is 25.2 Å². The highest BCUT2D eigenvalue weighted by Gasteiger charge is 2.04. The SMILES string of the molecule is Cn1c(=O)oc2cc(Cl)ccc21.OP(O)(O)=S.OP(O)(O)=S. The van der Waals surface area contributed by atoms with Crippen molar-refractivity contribution < 1.29 is 33.8 Å². The maximum Gasteiger partial charge on any atom is 0.419 e. The molecule has 1 aromatic carbocycles. The molecule has 0 bridgehead atoms. The molecule has 0 saturated heterocycles. The lowest BCUT2D eigenvalue weighted by Crippen LogP contribution is -2.08. The normalized spacial score (nSPS) is 11.3. The first kappa shape index (κ1) is 21.8. The Hall–Kier alpha value is -0.160. The van der Waals surface area contributed by atoms with Gasteiger partial charge in [-0.2, -0.15) is 0 Å². The number of aryl methyl sites for hydroxylation is 1. The van der Waals surface area contributed by atoms with E-state index < -0.39 is 13.4 Å². The molecule has 0 radical (unpaired) electrons. The summed E-state index contributed by atoms with van der Waals surface area (Å²) in [5.74, 6) is -0.368. The van der Waals surface area contributed by atoms with E-state index in [9.17, 15) is 4.79 Å². The van der Waals surface area contributed by atoms with Gasteiger partial charge in [0.15, 0.2) is 5.58 Å². The first-order valence-electron chi connectivity index (χ1n) is 5.00. The highest BCUT2D eigenvalue weighted by atomic mass is 35.5. The third kappa shape index (κ3) is 11.4. The number of oxazole rings is 1. The Morgan fingerprint density at radius 2 is 1.50 bits per heavy atom. The van der Waals surface area contributed by atoms with E-state index in [0.717, 1.165) is 5.52 Å². The molecule has 22 heavy (non-hydrogen) atoms. The second-order valence-electron chi connectivity index (χ2n) is 3.57. The Balaban J connectivity index is 0.000000372. The Morgan fingerprint density at radius 1 is 1.09 bits per heavy atom. The van der Waals surface area contributed by atoms with Gasteiger partial charge in [-0.25, -0.2) is 4.79 Å². The van der Waals surface area contributed by atoms with Gasteiger partial charge in [0.05, 0.1) is 5.52 Å². The lowest BCUT2D eigenvalue weighted by Gasteiger charge is -1.90. The molecule has 0 aliphatic heterocycles. The predicted octanol–water partition coefficient (Wildman–Crippen LogP) is 0.161. The molecule has 1 aromatic heterocycles. The average molecular weight is 412 g/mol. The predicted molar refractivity (Wildman–Crippen MR) is 88.3 cm³/mol. The maximum atomic E-state index is 11.0. The molecule has 0 atom stereocenters. The topological polar surface area (TPSA) is 157 Å². The zero-order valence-corrected chi connectivity index (χ0v) is 14.9. The standard InChI is InChI=1S/C8H6ClNO2.2H3O3PS/c1-10-6-3-2-5(9)4-7(6)12-8(10)11;2*1-4(2,3)5/h2-4H,1H3;2*(H3,1,2,3,5). The van der Waals surface area contributed by atoms with E-state index >= 15 is 0 Å². The van der Waals surface area contributed by atoms with Crippen molar-refractivity contribution >= 4 is 59.8 Å². The van der Waals surface area contributed by atoms with Gasteiger partial charge in [-0.3, -0.25) is 4.57 Å². The largest absolute Gasteiger partial charge is 0.419 e. The van der Waals surface area contributed by atoms with E-state index in [1.165, 1.54) is 4.57 Å². The van der Waals surface area contributed by atoms with Gasteiger partial charge in [-0.05, 0) is 35.7 Å². The van der Waals surface area contributed by atoms with Crippen molar-refractivity contribution in [3.63, 3.8) is 0 Å². The molecule has 0 spiro atoms.